The predicted octanol–water partition coefficient (Wildman–Crippen LogP) is 3.65. The molecule has 0 aromatic heterocycles. The Labute approximate surface area is 130 Å². The van der Waals surface area contributed by atoms with Crippen LogP contribution in [0.25, 0.3) is 5.76 Å². The molecule has 1 fully saturated rings. The Morgan fingerprint density at radius 1 is 1.57 bits per heavy atom. The number of carbonyl (C=O) groups excluding carboxylic acids is 1. The molecule has 0 saturated heterocycles. The fourth-order valence-corrected chi connectivity index (χ4v) is 1.98. The molecule has 0 radical (unpaired) electrons. The molecule has 1 aliphatic carbocycles. The van der Waals surface area contributed by atoms with Crippen LogP contribution in [0.4, 0.5) is 4.39 Å². The monoisotopic (exact) mass is 355 g/mol. The largest absolute Gasteiger partial charge is 0.506 e. The van der Waals surface area contributed by atoms with Crippen LogP contribution in [0.5, 0.6) is 0 Å². The summed E-state index contributed by atoms with van der Waals surface area (Å²) in [6.45, 7) is 1.82. The number of carbonyl (C=O) groups is 1. The number of aliphatic hydroxyl groups is 1. The molecule has 1 aliphatic rings. The third kappa shape index (κ3) is 4.14. The van der Waals surface area contributed by atoms with E-state index in [2.05, 4.69) is 20.9 Å². The lowest BCUT2D eigenvalue weighted by atomic mass is 10.1. The summed E-state index contributed by atoms with van der Waals surface area (Å²) in [5, 5.41) is 10.2. The second-order valence-electron chi connectivity index (χ2n) is 4.62. The van der Waals surface area contributed by atoms with Gasteiger partial charge in [-0.2, -0.15) is 0 Å². The van der Waals surface area contributed by atoms with Gasteiger partial charge in [0.1, 0.15) is 17.1 Å². The lowest BCUT2D eigenvalue weighted by Crippen LogP contribution is -2.12. The molecule has 0 heterocycles. The number of hydrogen-bond acceptors (Lipinski definition) is 4. The van der Waals surface area contributed by atoms with Crippen LogP contribution in [0.1, 0.15) is 25.3 Å². The SMILES string of the molecule is CCOC(=O)/C(C=NC1CC1)=C(\O)c1ccc(Br)cc1F. The minimum Gasteiger partial charge on any atom is -0.506 e. The Morgan fingerprint density at radius 2 is 2.29 bits per heavy atom. The first-order valence-corrected chi connectivity index (χ1v) is 7.41. The lowest BCUT2D eigenvalue weighted by Gasteiger charge is -2.08. The summed E-state index contributed by atoms with van der Waals surface area (Å²) in [5.41, 5.74) is -0.200. The fraction of sp³-hybridized carbons (Fsp3) is 0.333. The zero-order chi connectivity index (χ0) is 15.4. The zero-order valence-corrected chi connectivity index (χ0v) is 13.1. The molecule has 0 amide bonds. The number of aliphatic imine (C=N–C) groups is 1. The molecule has 4 nitrogen and oxygen atoms in total. The predicted molar refractivity (Wildman–Crippen MR) is 81.8 cm³/mol. The Kier molecular flexibility index (Phi) is 5.12. The first-order chi connectivity index (χ1) is 10.0. The van der Waals surface area contributed by atoms with Crippen molar-refractivity contribution < 1.29 is 19.0 Å². The van der Waals surface area contributed by atoms with Gasteiger partial charge in [-0.3, -0.25) is 4.99 Å². The van der Waals surface area contributed by atoms with Crippen molar-refractivity contribution in [3.05, 3.63) is 39.6 Å². The molecule has 6 heteroatoms. The third-order valence-corrected chi connectivity index (χ3v) is 3.39. The number of rotatable bonds is 5. The molecular formula is C15H15BrFNO3. The van der Waals surface area contributed by atoms with E-state index in [0.29, 0.717) is 4.47 Å². The second-order valence-corrected chi connectivity index (χ2v) is 5.53. The average molecular weight is 356 g/mol. The summed E-state index contributed by atoms with van der Waals surface area (Å²) in [6.07, 6.45) is 3.19. The Balaban J connectivity index is 2.41. The summed E-state index contributed by atoms with van der Waals surface area (Å²) >= 11 is 3.14. The first-order valence-electron chi connectivity index (χ1n) is 6.62. The lowest BCUT2D eigenvalue weighted by molar-refractivity contribution is -0.137. The Hall–Kier alpha value is -1.69. The first kappa shape index (κ1) is 15.7. The fourth-order valence-electron chi connectivity index (χ4n) is 1.65. The number of esters is 1. The molecule has 112 valence electrons. The van der Waals surface area contributed by atoms with E-state index in [-0.39, 0.29) is 23.8 Å². The molecule has 0 spiro atoms. The Bertz CT molecular complexity index is 609. The van der Waals surface area contributed by atoms with Gasteiger partial charge in [0.15, 0.2) is 0 Å². The maximum absolute atomic E-state index is 13.9. The quantitative estimate of drug-likeness (QED) is 0.379. The molecule has 0 bridgehead atoms. The van der Waals surface area contributed by atoms with Crippen LogP contribution >= 0.6 is 15.9 Å². The number of halogens is 2. The summed E-state index contributed by atoms with van der Waals surface area (Å²) in [7, 11) is 0. The van der Waals surface area contributed by atoms with E-state index in [0.717, 1.165) is 12.8 Å². The number of benzene rings is 1. The van der Waals surface area contributed by atoms with Crippen LogP contribution in [-0.2, 0) is 9.53 Å². The molecule has 0 unspecified atom stereocenters. The Morgan fingerprint density at radius 3 is 2.86 bits per heavy atom. The van der Waals surface area contributed by atoms with Gasteiger partial charge in [0.05, 0.1) is 18.2 Å². The number of ether oxygens (including phenoxy) is 1. The second kappa shape index (κ2) is 6.85. The molecule has 1 aromatic carbocycles. The molecule has 1 aromatic rings. The van der Waals surface area contributed by atoms with Gasteiger partial charge in [-0.05, 0) is 38.0 Å². The summed E-state index contributed by atoms with van der Waals surface area (Å²) in [6, 6.07) is 4.36. The summed E-state index contributed by atoms with van der Waals surface area (Å²) < 4.78 is 19.3. The highest BCUT2D eigenvalue weighted by molar-refractivity contribution is 9.10. The number of nitrogens with zero attached hydrogens (tertiary/aromatic N) is 1. The van der Waals surface area contributed by atoms with Crippen molar-refractivity contribution in [2.45, 2.75) is 25.8 Å². The van der Waals surface area contributed by atoms with E-state index in [1.807, 2.05) is 0 Å². The normalized spacial score (nSPS) is 16.0. The summed E-state index contributed by atoms with van der Waals surface area (Å²) in [4.78, 5) is 16.1. The van der Waals surface area contributed by atoms with Gasteiger partial charge < -0.3 is 9.84 Å². The molecule has 1 N–H and O–H groups in total. The van der Waals surface area contributed by atoms with E-state index in [9.17, 15) is 14.3 Å². The van der Waals surface area contributed by atoms with Crippen LogP contribution in [0.3, 0.4) is 0 Å². The minimum absolute atomic E-state index is 0.0662. The highest BCUT2D eigenvalue weighted by atomic mass is 79.9. The molecule has 1 saturated carbocycles. The topological polar surface area (TPSA) is 58.9 Å². The van der Waals surface area contributed by atoms with E-state index < -0.39 is 17.5 Å². The van der Waals surface area contributed by atoms with Crippen LogP contribution in [0, 0.1) is 5.82 Å². The maximum atomic E-state index is 13.9. The average Bonchev–Trinajstić information content (AvgIpc) is 3.23. The van der Waals surface area contributed by atoms with Gasteiger partial charge in [0.25, 0.3) is 0 Å². The van der Waals surface area contributed by atoms with Gasteiger partial charge in [-0.1, -0.05) is 15.9 Å². The van der Waals surface area contributed by atoms with Crippen LogP contribution in [0.15, 0.2) is 33.2 Å². The molecule has 0 atom stereocenters. The van der Waals surface area contributed by atoms with E-state index in [4.69, 9.17) is 4.74 Å². The van der Waals surface area contributed by atoms with Gasteiger partial charge in [0.2, 0.25) is 0 Å². The summed E-state index contributed by atoms with van der Waals surface area (Å²) in [5.74, 6) is -1.83. The van der Waals surface area contributed by atoms with Crippen molar-refractivity contribution in [2.24, 2.45) is 4.99 Å². The highest BCUT2D eigenvalue weighted by Crippen LogP contribution is 2.25. The third-order valence-electron chi connectivity index (χ3n) is 2.90. The van der Waals surface area contributed by atoms with Crippen molar-refractivity contribution >= 4 is 33.9 Å². The molecule has 21 heavy (non-hydrogen) atoms. The van der Waals surface area contributed by atoms with Crippen molar-refractivity contribution in [2.75, 3.05) is 6.61 Å². The van der Waals surface area contributed by atoms with E-state index in [1.165, 1.54) is 18.3 Å². The maximum Gasteiger partial charge on any atom is 0.343 e. The highest BCUT2D eigenvalue weighted by Gasteiger charge is 2.22. The van der Waals surface area contributed by atoms with Crippen molar-refractivity contribution in [1.29, 1.82) is 0 Å². The number of hydrogen-bond donors (Lipinski definition) is 1. The van der Waals surface area contributed by atoms with Crippen molar-refractivity contribution in [1.82, 2.24) is 0 Å². The van der Waals surface area contributed by atoms with E-state index in [1.54, 1.807) is 13.0 Å². The molecular weight excluding hydrogens is 341 g/mol. The van der Waals surface area contributed by atoms with Crippen molar-refractivity contribution in [3.63, 3.8) is 0 Å². The van der Waals surface area contributed by atoms with Gasteiger partial charge in [-0.25, -0.2) is 9.18 Å². The number of aliphatic hydroxyl groups excluding tert-OH is 1. The van der Waals surface area contributed by atoms with Gasteiger partial charge in [0, 0.05) is 10.7 Å². The van der Waals surface area contributed by atoms with Crippen LogP contribution in [-0.4, -0.2) is 29.9 Å². The van der Waals surface area contributed by atoms with Crippen molar-refractivity contribution in [3.8, 4) is 0 Å². The van der Waals surface area contributed by atoms with Gasteiger partial charge >= 0.3 is 5.97 Å². The smallest absolute Gasteiger partial charge is 0.343 e. The molecule has 0 aliphatic heterocycles. The van der Waals surface area contributed by atoms with E-state index >= 15 is 0 Å². The standard InChI is InChI=1S/C15H15BrFNO3/c1-2-21-15(20)12(8-18-10-4-5-10)14(19)11-6-3-9(16)7-13(11)17/h3,6-8,10,19H,2,4-5H2,1H3/b14-12-,18-8?. The van der Waals surface area contributed by atoms with Crippen LogP contribution in [0.2, 0.25) is 0 Å². The van der Waals surface area contributed by atoms with Gasteiger partial charge in [-0.15, -0.1) is 0 Å². The minimum atomic E-state index is -0.721. The van der Waals surface area contributed by atoms with Crippen LogP contribution < -0.4 is 0 Å². The molecule has 2 rings (SSSR count). The zero-order valence-electron chi connectivity index (χ0n) is 11.5.